The molecule has 5 aromatic rings. The van der Waals surface area contributed by atoms with Crippen molar-refractivity contribution in [2.24, 2.45) is 9.98 Å². The summed E-state index contributed by atoms with van der Waals surface area (Å²) in [6, 6.07) is 43.8. The Hall–Kier alpha value is -4.56. The Morgan fingerprint density at radius 3 is 1.40 bits per heavy atom. The Morgan fingerprint density at radius 2 is 0.914 bits per heavy atom. The molecule has 0 fully saturated rings. The van der Waals surface area contributed by atoms with Gasteiger partial charge in [-0.05, 0) is 64.1 Å². The van der Waals surface area contributed by atoms with Gasteiger partial charge < -0.3 is 0 Å². The van der Waals surface area contributed by atoms with Gasteiger partial charge in [-0.15, -0.1) is 0 Å². The lowest BCUT2D eigenvalue weighted by molar-refractivity contribution is 1.38. The second-order valence-electron chi connectivity index (χ2n) is 8.46. The van der Waals surface area contributed by atoms with Gasteiger partial charge in [-0.2, -0.15) is 0 Å². The van der Waals surface area contributed by atoms with Crippen molar-refractivity contribution >= 4 is 23.8 Å². The summed E-state index contributed by atoms with van der Waals surface area (Å²) in [5.41, 5.74) is 9.95. The number of hydrogen-bond acceptors (Lipinski definition) is 2. The van der Waals surface area contributed by atoms with Crippen LogP contribution >= 0.6 is 0 Å². The van der Waals surface area contributed by atoms with E-state index in [9.17, 15) is 0 Å². The fourth-order valence-electron chi connectivity index (χ4n) is 3.94. The Balaban J connectivity index is 1.25. The van der Waals surface area contributed by atoms with Crippen molar-refractivity contribution in [3.8, 4) is 22.3 Å². The second-order valence-corrected chi connectivity index (χ2v) is 8.46. The van der Waals surface area contributed by atoms with E-state index >= 15 is 0 Å². The van der Waals surface area contributed by atoms with Crippen molar-refractivity contribution in [3.05, 3.63) is 144 Å². The van der Waals surface area contributed by atoms with Gasteiger partial charge in [-0.3, -0.25) is 9.98 Å². The van der Waals surface area contributed by atoms with Gasteiger partial charge in [0.15, 0.2) is 0 Å². The van der Waals surface area contributed by atoms with Gasteiger partial charge in [0, 0.05) is 12.4 Å². The first-order chi connectivity index (χ1) is 17.2. The maximum Gasteiger partial charge on any atom is 0.0660 e. The molecule has 0 unspecified atom stereocenters. The summed E-state index contributed by atoms with van der Waals surface area (Å²) in [6.07, 6.45) is 3.81. The monoisotopic (exact) mass is 450 g/mol. The van der Waals surface area contributed by atoms with Gasteiger partial charge in [0.2, 0.25) is 0 Å². The zero-order valence-electron chi connectivity index (χ0n) is 19.7. The first kappa shape index (κ1) is 22.2. The molecule has 0 amide bonds. The van der Waals surface area contributed by atoms with Crippen LogP contribution in [0.4, 0.5) is 11.4 Å². The predicted molar refractivity (Wildman–Crippen MR) is 149 cm³/mol. The fraction of sp³-hybridized carbons (Fsp3) is 0.0303. The minimum Gasteiger partial charge on any atom is -0.256 e. The van der Waals surface area contributed by atoms with Gasteiger partial charge in [-0.25, -0.2) is 0 Å². The molecule has 0 saturated carbocycles. The van der Waals surface area contributed by atoms with E-state index in [1.165, 1.54) is 22.3 Å². The highest BCUT2D eigenvalue weighted by molar-refractivity contribution is 5.85. The summed E-state index contributed by atoms with van der Waals surface area (Å²) in [5, 5.41) is 0. The van der Waals surface area contributed by atoms with Crippen LogP contribution in [0.1, 0.15) is 16.7 Å². The Kier molecular flexibility index (Phi) is 6.72. The van der Waals surface area contributed by atoms with E-state index in [0.717, 1.165) is 28.1 Å². The van der Waals surface area contributed by atoms with Crippen molar-refractivity contribution < 1.29 is 0 Å². The van der Waals surface area contributed by atoms with E-state index in [2.05, 4.69) is 115 Å². The lowest BCUT2D eigenvalue weighted by Gasteiger charge is -2.04. The Bertz CT molecular complexity index is 1450. The molecule has 2 nitrogen and oxygen atoms in total. The third kappa shape index (κ3) is 5.69. The number of nitrogens with zero attached hydrogens (tertiary/aromatic N) is 2. The van der Waals surface area contributed by atoms with E-state index in [-0.39, 0.29) is 0 Å². The smallest absolute Gasteiger partial charge is 0.0660 e. The maximum absolute atomic E-state index is 4.70. The van der Waals surface area contributed by atoms with Gasteiger partial charge in [0.25, 0.3) is 0 Å². The second kappa shape index (κ2) is 10.6. The SMILES string of the molecule is Cc1cc(N=Cc2ccc(-c3ccccc3)cc2)ccc1N=Cc1ccc(-c2ccccc2)cc1. The minimum absolute atomic E-state index is 0.917. The van der Waals surface area contributed by atoms with Crippen molar-refractivity contribution in [2.45, 2.75) is 6.92 Å². The summed E-state index contributed by atoms with van der Waals surface area (Å²) in [5.74, 6) is 0. The quantitative estimate of drug-likeness (QED) is 0.231. The first-order valence-corrected chi connectivity index (χ1v) is 11.7. The average Bonchev–Trinajstić information content (AvgIpc) is 2.93. The zero-order valence-corrected chi connectivity index (χ0v) is 19.7. The normalized spacial score (nSPS) is 11.3. The van der Waals surface area contributed by atoms with Crippen molar-refractivity contribution in [3.63, 3.8) is 0 Å². The summed E-state index contributed by atoms with van der Waals surface area (Å²) >= 11 is 0. The summed E-state index contributed by atoms with van der Waals surface area (Å²) in [7, 11) is 0. The minimum atomic E-state index is 0.917. The summed E-state index contributed by atoms with van der Waals surface area (Å²) in [6.45, 7) is 2.07. The topological polar surface area (TPSA) is 24.7 Å². The zero-order chi connectivity index (χ0) is 23.9. The molecular formula is C33H26N2. The molecule has 0 radical (unpaired) electrons. The molecule has 0 spiro atoms. The molecule has 0 N–H and O–H groups in total. The van der Waals surface area contributed by atoms with Gasteiger partial charge in [-0.1, -0.05) is 109 Å². The van der Waals surface area contributed by atoms with Crippen LogP contribution in [0.2, 0.25) is 0 Å². The summed E-state index contributed by atoms with van der Waals surface area (Å²) in [4.78, 5) is 9.36. The third-order valence-corrected chi connectivity index (χ3v) is 5.93. The number of hydrogen-bond donors (Lipinski definition) is 0. The van der Waals surface area contributed by atoms with E-state index in [1.54, 1.807) is 0 Å². The molecule has 0 heterocycles. The van der Waals surface area contributed by atoms with Crippen LogP contribution in [0.25, 0.3) is 22.3 Å². The molecule has 0 saturated heterocycles. The first-order valence-electron chi connectivity index (χ1n) is 11.7. The van der Waals surface area contributed by atoms with Crippen molar-refractivity contribution in [1.82, 2.24) is 0 Å². The number of aryl methyl sites for hydroxylation is 1. The van der Waals surface area contributed by atoms with Crippen molar-refractivity contribution in [1.29, 1.82) is 0 Å². The average molecular weight is 451 g/mol. The van der Waals surface area contributed by atoms with Gasteiger partial charge in [0.05, 0.1) is 11.4 Å². The van der Waals surface area contributed by atoms with Crippen molar-refractivity contribution in [2.75, 3.05) is 0 Å². The highest BCUT2D eigenvalue weighted by Gasteiger charge is 2.00. The number of aliphatic imine (C=N–C) groups is 2. The molecule has 0 bridgehead atoms. The molecule has 5 rings (SSSR count). The fourth-order valence-corrected chi connectivity index (χ4v) is 3.94. The molecular weight excluding hydrogens is 424 g/mol. The van der Waals surface area contributed by atoms with E-state index in [0.29, 0.717) is 0 Å². The lowest BCUT2D eigenvalue weighted by Crippen LogP contribution is -1.84. The van der Waals surface area contributed by atoms with Crippen LogP contribution < -0.4 is 0 Å². The van der Waals surface area contributed by atoms with Gasteiger partial charge in [0.1, 0.15) is 0 Å². The van der Waals surface area contributed by atoms with Crippen LogP contribution in [0.15, 0.2) is 137 Å². The molecule has 0 aliphatic heterocycles. The third-order valence-electron chi connectivity index (χ3n) is 5.93. The predicted octanol–water partition coefficient (Wildman–Crippen LogP) is 8.83. The van der Waals surface area contributed by atoms with Crippen LogP contribution in [-0.2, 0) is 0 Å². The van der Waals surface area contributed by atoms with E-state index in [4.69, 9.17) is 4.99 Å². The largest absolute Gasteiger partial charge is 0.256 e. The van der Waals surface area contributed by atoms with E-state index < -0.39 is 0 Å². The maximum atomic E-state index is 4.70. The Labute approximate surface area is 207 Å². The van der Waals surface area contributed by atoms with E-state index in [1.807, 2.05) is 36.7 Å². The number of benzene rings is 5. The molecule has 0 aliphatic rings. The molecule has 5 aromatic carbocycles. The number of rotatable bonds is 6. The van der Waals surface area contributed by atoms with Crippen LogP contribution in [0.3, 0.4) is 0 Å². The molecule has 0 aromatic heterocycles. The molecule has 2 heteroatoms. The highest BCUT2D eigenvalue weighted by Crippen LogP contribution is 2.25. The lowest BCUT2D eigenvalue weighted by atomic mass is 10.0. The summed E-state index contributed by atoms with van der Waals surface area (Å²) < 4.78 is 0. The standard InChI is InChI=1S/C33H26N2/c1-25-22-32(34-23-26-12-16-30(17-13-26)28-8-4-2-5-9-28)20-21-33(25)35-24-27-14-18-31(19-15-27)29-10-6-3-7-11-29/h2-24H,1H3. The molecule has 0 aliphatic carbocycles. The highest BCUT2D eigenvalue weighted by atomic mass is 14.7. The van der Waals surface area contributed by atoms with Crippen LogP contribution in [0.5, 0.6) is 0 Å². The molecule has 0 atom stereocenters. The Morgan fingerprint density at radius 1 is 0.457 bits per heavy atom. The van der Waals surface area contributed by atoms with Gasteiger partial charge >= 0.3 is 0 Å². The van der Waals surface area contributed by atoms with Crippen LogP contribution in [-0.4, -0.2) is 12.4 Å². The molecule has 35 heavy (non-hydrogen) atoms. The van der Waals surface area contributed by atoms with Crippen LogP contribution in [0, 0.1) is 6.92 Å². The molecule has 168 valence electrons.